The number of anilines is 1. The van der Waals surface area contributed by atoms with Crippen LogP contribution in [-0.2, 0) is 4.74 Å². The zero-order valence-corrected chi connectivity index (χ0v) is 30.5. The van der Waals surface area contributed by atoms with E-state index in [4.69, 9.17) is 9.72 Å². The van der Waals surface area contributed by atoms with Gasteiger partial charge in [0.1, 0.15) is 0 Å². The standard InChI is InChI=1S/C20H29NSi.C9H12N.C4H8O.La/c1-12-10-13(2)19(14(3)11-12)21-22(8,9)20-17(6)15(4)16(5)18(20)7;1-8-6-4-5-7-9(8)10(2)3;1-2-4-5-3-1;/h10-11H,1-9H3;4-7H,1H2,2-3H3;1-4H2;/q2*-1;;. The molecule has 0 spiro atoms. The fraction of sp³-hybridized carbons (Fsp3) is 0.455. The van der Waals surface area contributed by atoms with Crippen molar-refractivity contribution in [3.63, 3.8) is 0 Å². The molecule has 1 heterocycles. The number of allylic oxidation sites excluding steroid dienone is 4. The predicted octanol–water partition coefficient (Wildman–Crippen LogP) is 9.35. The van der Waals surface area contributed by atoms with Gasteiger partial charge in [-0.3, -0.25) is 0 Å². The van der Waals surface area contributed by atoms with Gasteiger partial charge < -0.3 is 14.6 Å². The maximum atomic E-state index is 5.32. The molecule has 0 atom stereocenters. The molecule has 0 bridgehead atoms. The summed E-state index contributed by atoms with van der Waals surface area (Å²) >= 11 is 0. The molecule has 206 valence electrons. The van der Waals surface area contributed by atoms with Gasteiger partial charge in [0.05, 0.1) is 0 Å². The van der Waals surface area contributed by atoms with Crippen LogP contribution in [0.4, 0.5) is 11.4 Å². The van der Waals surface area contributed by atoms with Crippen molar-refractivity contribution in [1.29, 1.82) is 0 Å². The van der Waals surface area contributed by atoms with E-state index in [0.29, 0.717) is 0 Å². The molecule has 1 saturated heterocycles. The number of aryl methyl sites for hydroxylation is 3. The number of hydrogen-bond donors (Lipinski definition) is 0. The molecule has 3 nitrogen and oxygen atoms in total. The van der Waals surface area contributed by atoms with Crippen LogP contribution in [0.15, 0.2) is 58.3 Å². The average Bonchev–Trinajstić information content (AvgIpc) is 3.46. The minimum Gasteiger partial charge on any atom is -0.683 e. The van der Waals surface area contributed by atoms with E-state index in [9.17, 15) is 0 Å². The van der Waals surface area contributed by atoms with Crippen molar-refractivity contribution < 1.29 is 40.3 Å². The molecule has 1 aliphatic carbocycles. The van der Waals surface area contributed by atoms with Crippen molar-refractivity contribution in [2.24, 2.45) is 0 Å². The Bertz CT molecular complexity index is 1100. The molecular weight excluding hydrogens is 607 g/mol. The van der Waals surface area contributed by atoms with Gasteiger partial charge >= 0.3 is 0 Å². The molecule has 38 heavy (non-hydrogen) atoms. The second-order valence-corrected chi connectivity index (χ2v) is 15.0. The van der Waals surface area contributed by atoms with Crippen molar-refractivity contribution in [2.75, 3.05) is 32.2 Å². The first-order valence-electron chi connectivity index (χ1n) is 13.5. The van der Waals surface area contributed by atoms with Gasteiger partial charge in [-0.2, -0.15) is 18.6 Å². The van der Waals surface area contributed by atoms with E-state index in [2.05, 4.69) is 91.6 Å². The van der Waals surface area contributed by atoms with Crippen LogP contribution in [0.3, 0.4) is 0 Å². The predicted molar refractivity (Wildman–Crippen MR) is 166 cm³/mol. The molecule has 2 aromatic rings. The van der Waals surface area contributed by atoms with Gasteiger partial charge in [0.25, 0.3) is 0 Å². The second-order valence-electron chi connectivity index (χ2n) is 11.1. The van der Waals surface area contributed by atoms with Gasteiger partial charge in [0.15, 0.2) is 0 Å². The van der Waals surface area contributed by atoms with E-state index in [1.807, 2.05) is 32.3 Å². The second kappa shape index (κ2) is 15.5. The van der Waals surface area contributed by atoms with Crippen molar-refractivity contribution in [3.05, 3.63) is 98.4 Å². The van der Waals surface area contributed by atoms with Gasteiger partial charge in [0, 0.05) is 54.7 Å². The molecular formula is C33H49LaN2OSi-2. The molecule has 0 aromatic heterocycles. The molecule has 2 radical (unpaired) electrons. The Labute approximate surface area is 263 Å². The molecule has 2 aromatic carbocycles. The molecule has 0 unspecified atom stereocenters. The Kier molecular flexibility index (Phi) is 14.2. The fourth-order valence-electron chi connectivity index (χ4n) is 5.28. The summed E-state index contributed by atoms with van der Waals surface area (Å²) in [6, 6.07) is 12.6. The van der Waals surface area contributed by atoms with E-state index in [1.54, 1.807) is 0 Å². The summed E-state index contributed by atoms with van der Waals surface area (Å²) in [5.74, 6) is 1.45. The molecule has 0 amide bonds. The third-order valence-electron chi connectivity index (χ3n) is 7.38. The summed E-state index contributed by atoms with van der Waals surface area (Å²) in [7, 11) is 2.16. The quantitative estimate of drug-likeness (QED) is 0.242. The van der Waals surface area contributed by atoms with Crippen molar-refractivity contribution in [3.8, 4) is 0 Å². The van der Waals surface area contributed by atoms with Crippen LogP contribution >= 0.6 is 0 Å². The number of nitrogens with zero attached hydrogens (tertiary/aromatic N) is 2. The van der Waals surface area contributed by atoms with Gasteiger partial charge in [-0.1, -0.05) is 88.6 Å². The van der Waals surface area contributed by atoms with Crippen molar-refractivity contribution in [2.45, 2.75) is 74.4 Å². The first-order valence-corrected chi connectivity index (χ1v) is 16.4. The summed E-state index contributed by atoms with van der Waals surface area (Å²) in [6.45, 7) is 26.2. The molecule has 2 aliphatic rings. The van der Waals surface area contributed by atoms with E-state index in [1.165, 1.54) is 68.7 Å². The van der Waals surface area contributed by atoms with Crippen LogP contribution in [-0.4, -0.2) is 35.5 Å². The monoisotopic (exact) mass is 656 g/mol. The zero-order valence-electron chi connectivity index (χ0n) is 25.9. The van der Waals surface area contributed by atoms with Gasteiger partial charge in [-0.15, -0.1) is 11.8 Å². The first kappa shape index (κ1) is 34.8. The van der Waals surface area contributed by atoms with E-state index in [-0.39, 0.29) is 35.6 Å². The number of rotatable bonds is 4. The molecule has 1 aliphatic heterocycles. The van der Waals surface area contributed by atoms with Gasteiger partial charge in [0.2, 0.25) is 0 Å². The summed E-state index contributed by atoms with van der Waals surface area (Å²) < 4.78 is 4.94. The molecule has 1 fully saturated rings. The zero-order chi connectivity index (χ0) is 27.9. The Balaban J connectivity index is 0.000000370. The third-order valence-corrected chi connectivity index (χ3v) is 10.1. The van der Waals surface area contributed by atoms with Crippen LogP contribution in [0.5, 0.6) is 0 Å². The van der Waals surface area contributed by atoms with Crippen LogP contribution < -0.4 is 4.90 Å². The fourth-order valence-corrected chi connectivity index (χ4v) is 8.51. The molecule has 4 rings (SSSR count). The molecule has 0 saturated carbocycles. The maximum absolute atomic E-state index is 5.32. The summed E-state index contributed by atoms with van der Waals surface area (Å²) in [5.41, 5.74) is 11.7. The van der Waals surface area contributed by atoms with Crippen LogP contribution in [0.2, 0.25) is 13.1 Å². The average molecular weight is 657 g/mol. The Morgan fingerprint density at radius 3 is 1.71 bits per heavy atom. The van der Waals surface area contributed by atoms with Gasteiger partial charge in [-0.25, -0.2) is 0 Å². The van der Waals surface area contributed by atoms with E-state index < -0.39 is 8.24 Å². The molecule has 5 heteroatoms. The summed E-state index contributed by atoms with van der Waals surface area (Å²) in [4.78, 5) is 7.37. The SMILES string of the molecule is C1CCOC1.C[C]1C(C)=C(C)C([Si](C)(C)[N-]c2c(C)cc(C)cc2C)=C1C.[CH2-]c1ccccc1N(C)C.[La]. The topological polar surface area (TPSA) is 26.6 Å². The van der Waals surface area contributed by atoms with Crippen molar-refractivity contribution >= 4 is 19.6 Å². The van der Waals surface area contributed by atoms with Crippen LogP contribution in [0.25, 0.3) is 4.98 Å². The minimum absolute atomic E-state index is 0. The number of benzene rings is 2. The molecule has 0 N–H and O–H groups in total. The third kappa shape index (κ3) is 9.16. The minimum atomic E-state index is -1.88. The Hall–Kier alpha value is -1.24. The summed E-state index contributed by atoms with van der Waals surface area (Å²) in [6.07, 6.45) is 2.56. The first-order chi connectivity index (χ1) is 17.3. The van der Waals surface area contributed by atoms with Crippen LogP contribution in [0.1, 0.15) is 62.8 Å². The Morgan fingerprint density at radius 2 is 1.34 bits per heavy atom. The number of hydrogen-bond acceptors (Lipinski definition) is 2. The van der Waals surface area contributed by atoms with Crippen LogP contribution in [0, 0.1) is 69.2 Å². The van der Waals surface area contributed by atoms with Gasteiger partial charge in [-0.05, 0) is 76.7 Å². The maximum Gasteiger partial charge on any atom is 0.0466 e. The number of ether oxygens (including phenoxy) is 1. The smallest absolute Gasteiger partial charge is 0.0466 e. The largest absolute Gasteiger partial charge is 0.683 e. The van der Waals surface area contributed by atoms with Crippen molar-refractivity contribution in [1.82, 2.24) is 0 Å². The summed E-state index contributed by atoms with van der Waals surface area (Å²) in [5, 5.41) is 1.53. The Morgan fingerprint density at radius 1 is 0.816 bits per heavy atom. The van der Waals surface area contributed by atoms with E-state index in [0.717, 1.165) is 18.8 Å². The number of para-hydroxylation sites is 1. The normalized spacial score (nSPS) is 15.3. The van der Waals surface area contributed by atoms with E-state index >= 15 is 0 Å².